The van der Waals surface area contributed by atoms with Gasteiger partial charge in [-0.05, 0) is 77.7 Å². The molecule has 0 saturated carbocycles. The predicted octanol–water partition coefficient (Wildman–Crippen LogP) is 11.6. The Bertz CT molecular complexity index is 954. The Labute approximate surface area is 318 Å². The summed E-state index contributed by atoms with van der Waals surface area (Å²) in [5, 5.41) is 2.82. The minimum absolute atomic E-state index is 0.0213. The van der Waals surface area contributed by atoms with Gasteiger partial charge in [-0.15, -0.1) is 0 Å². The molecule has 0 bridgehead atoms. The van der Waals surface area contributed by atoms with Crippen LogP contribution in [-0.2, 0) is 32.7 Å². The molecule has 0 aromatic rings. The highest BCUT2D eigenvalue weighted by atomic mass is 31.2. The average Bonchev–Trinajstić information content (AvgIpc) is 3.12. The van der Waals surface area contributed by atoms with Gasteiger partial charge in [0.05, 0.1) is 13.2 Å². The van der Waals surface area contributed by atoms with Gasteiger partial charge in [0.1, 0.15) is 6.61 Å². The number of phosphoric acid groups is 1. The molecule has 0 radical (unpaired) electrons. The SMILES string of the molecule is CCCCC/C=C\C/C=C\CCCCCCCC(=O)OC(COC(=O)CCCCCCC/C=C\CCCCCCCC)COP(=O)(O)OCCNC. The van der Waals surface area contributed by atoms with Crippen molar-refractivity contribution in [2.45, 2.75) is 187 Å². The van der Waals surface area contributed by atoms with Gasteiger partial charge >= 0.3 is 19.8 Å². The minimum Gasteiger partial charge on any atom is -0.462 e. The van der Waals surface area contributed by atoms with E-state index in [9.17, 15) is 19.0 Å². The first-order valence-corrected chi connectivity index (χ1v) is 22.4. The van der Waals surface area contributed by atoms with Gasteiger partial charge in [-0.2, -0.15) is 0 Å². The molecule has 2 unspecified atom stereocenters. The molecule has 0 saturated heterocycles. The fourth-order valence-electron chi connectivity index (χ4n) is 5.52. The number of hydrogen-bond acceptors (Lipinski definition) is 8. The molecule has 304 valence electrons. The monoisotopic (exact) mass is 756 g/mol. The van der Waals surface area contributed by atoms with Crippen LogP contribution in [0.15, 0.2) is 36.5 Å². The lowest BCUT2D eigenvalue weighted by atomic mass is 10.1. The van der Waals surface area contributed by atoms with E-state index in [1.165, 1.54) is 70.6 Å². The summed E-state index contributed by atoms with van der Waals surface area (Å²) in [5.41, 5.74) is 0. The Kier molecular flexibility index (Phi) is 37.6. The van der Waals surface area contributed by atoms with Crippen LogP contribution in [0, 0.1) is 0 Å². The van der Waals surface area contributed by atoms with Crippen LogP contribution in [0.25, 0.3) is 0 Å². The van der Waals surface area contributed by atoms with Gasteiger partial charge in [0.25, 0.3) is 0 Å². The van der Waals surface area contributed by atoms with Crippen LogP contribution in [0.1, 0.15) is 181 Å². The van der Waals surface area contributed by atoms with Gasteiger partial charge in [-0.3, -0.25) is 18.6 Å². The second-order valence-electron chi connectivity index (χ2n) is 13.8. The van der Waals surface area contributed by atoms with E-state index in [0.717, 1.165) is 77.0 Å². The molecule has 0 aliphatic carbocycles. The third-order valence-electron chi connectivity index (χ3n) is 8.73. The van der Waals surface area contributed by atoms with Crippen LogP contribution in [-0.4, -0.2) is 56.3 Å². The minimum atomic E-state index is -4.35. The van der Waals surface area contributed by atoms with E-state index in [-0.39, 0.29) is 32.0 Å². The molecule has 0 aliphatic rings. The van der Waals surface area contributed by atoms with E-state index in [4.69, 9.17) is 18.5 Å². The van der Waals surface area contributed by atoms with Crippen molar-refractivity contribution in [1.82, 2.24) is 5.32 Å². The molecule has 0 fully saturated rings. The zero-order valence-corrected chi connectivity index (χ0v) is 34.4. The van der Waals surface area contributed by atoms with Crippen molar-refractivity contribution < 1.29 is 37.6 Å². The molecule has 2 N–H and O–H groups in total. The highest BCUT2D eigenvalue weighted by Gasteiger charge is 2.26. The van der Waals surface area contributed by atoms with E-state index in [1.807, 2.05) is 0 Å². The largest absolute Gasteiger partial charge is 0.472 e. The van der Waals surface area contributed by atoms with E-state index < -0.39 is 26.5 Å². The molecule has 0 rings (SSSR count). The van der Waals surface area contributed by atoms with Crippen LogP contribution in [0.3, 0.4) is 0 Å². The van der Waals surface area contributed by atoms with E-state index in [2.05, 4.69) is 55.6 Å². The highest BCUT2D eigenvalue weighted by Crippen LogP contribution is 2.43. The summed E-state index contributed by atoms with van der Waals surface area (Å²) in [6, 6.07) is 0. The van der Waals surface area contributed by atoms with E-state index in [0.29, 0.717) is 13.0 Å². The van der Waals surface area contributed by atoms with Gasteiger partial charge in [0.15, 0.2) is 6.10 Å². The van der Waals surface area contributed by atoms with Gasteiger partial charge in [-0.1, -0.05) is 134 Å². The quantitative estimate of drug-likeness (QED) is 0.0273. The summed E-state index contributed by atoms with van der Waals surface area (Å²) in [6.45, 7) is 4.16. The number of carbonyl (C=O) groups is 2. The second kappa shape index (κ2) is 38.9. The Morgan fingerprint density at radius 3 is 1.58 bits per heavy atom. The molecular formula is C42H78NO8P. The van der Waals surface area contributed by atoms with Gasteiger partial charge in [0, 0.05) is 19.4 Å². The molecule has 10 heteroatoms. The van der Waals surface area contributed by atoms with Crippen LogP contribution in [0.4, 0.5) is 0 Å². The summed E-state index contributed by atoms with van der Waals surface area (Å²) in [4.78, 5) is 35.0. The number of phosphoric ester groups is 1. The predicted molar refractivity (Wildman–Crippen MR) is 215 cm³/mol. The number of hydrogen-bond donors (Lipinski definition) is 2. The van der Waals surface area contributed by atoms with Crippen molar-refractivity contribution in [3.63, 3.8) is 0 Å². The highest BCUT2D eigenvalue weighted by molar-refractivity contribution is 7.47. The molecule has 0 spiro atoms. The van der Waals surface area contributed by atoms with Crippen molar-refractivity contribution in [3.05, 3.63) is 36.5 Å². The number of esters is 2. The zero-order chi connectivity index (χ0) is 38.2. The molecule has 2 atom stereocenters. The fraction of sp³-hybridized carbons (Fsp3) is 0.810. The molecule has 9 nitrogen and oxygen atoms in total. The average molecular weight is 756 g/mol. The van der Waals surface area contributed by atoms with Gasteiger partial charge in [0.2, 0.25) is 0 Å². The van der Waals surface area contributed by atoms with Crippen LogP contribution >= 0.6 is 7.82 Å². The lowest BCUT2D eigenvalue weighted by molar-refractivity contribution is -0.161. The molecule has 0 aromatic heterocycles. The Morgan fingerprint density at radius 2 is 1.04 bits per heavy atom. The number of carbonyl (C=O) groups excluding carboxylic acids is 2. The van der Waals surface area contributed by atoms with E-state index in [1.54, 1.807) is 7.05 Å². The normalized spacial score (nSPS) is 13.7. The maximum absolute atomic E-state index is 12.6. The van der Waals surface area contributed by atoms with Crippen molar-refractivity contribution in [3.8, 4) is 0 Å². The van der Waals surface area contributed by atoms with Gasteiger partial charge < -0.3 is 19.7 Å². The first kappa shape index (κ1) is 50.2. The number of unbranched alkanes of at least 4 members (excludes halogenated alkanes) is 19. The molecule has 0 amide bonds. The van der Waals surface area contributed by atoms with Crippen molar-refractivity contribution in [2.75, 3.05) is 33.4 Å². The molecular weight excluding hydrogens is 677 g/mol. The summed E-state index contributed by atoms with van der Waals surface area (Å²) in [6.07, 6.45) is 40.4. The fourth-order valence-corrected chi connectivity index (χ4v) is 6.27. The van der Waals surface area contributed by atoms with Crippen molar-refractivity contribution in [2.24, 2.45) is 0 Å². The maximum atomic E-state index is 12.6. The first-order chi connectivity index (χ1) is 25.3. The second-order valence-corrected chi connectivity index (χ2v) is 15.3. The number of nitrogens with one attached hydrogen (secondary N) is 1. The zero-order valence-electron chi connectivity index (χ0n) is 33.5. The topological polar surface area (TPSA) is 120 Å². The van der Waals surface area contributed by atoms with E-state index >= 15 is 0 Å². The standard InChI is InChI=1S/C42H78NO8P/c1-4-6-8-10-12-14-16-18-20-22-24-26-28-30-32-34-41(44)48-38-40(39-50-52(46,47)49-37-36-43-3)51-42(45)35-33-31-29-27-25-23-21-19-17-15-13-11-9-7-5-2/h13,15,18-21,40,43H,4-12,14,16-17,22-39H2,1-3H3,(H,46,47)/b15-13-,20-18-,21-19-. The van der Waals surface area contributed by atoms with Crippen LogP contribution in [0.5, 0.6) is 0 Å². The maximum Gasteiger partial charge on any atom is 0.472 e. The summed E-state index contributed by atoms with van der Waals surface area (Å²) >= 11 is 0. The smallest absolute Gasteiger partial charge is 0.462 e. The Morgan fingerprint density at radius 1 is 0.596 bits per heavy atom. The summed E-state index contributed by atoms with van der Waals surface area (Å²) in [5.74, 6) is -0.832. The molecule has 0 heterocycles. The van der Waals surface area contributed by atoms with Gasteiger partial charge in [-0.25, -0.2) is 4.57 Å². The number of ether oxygens (including phenoxy) is 2. The number of likely N-dealkylation sites (N-methyl/N-ethyl adjacent to an activating group) is 1. The number of allylic oxidation sites excluding steroid dienone is 6. The Hall–Kier alpha value is -1.77. The molecule has 52 heavy (non-hydrogen) atoms. The van der Waals surface area contributed by atoms with Crippen LogP contribution < -0.4 is 5.32 Å². The van der Waals surface area contributed by atoms with Crippen molar-refractivity contribution >= 4 is 19.8 Å². The first-order valence-electron chi connectivity index (χ1n) is 20.9. The van der Waals surface area contributed by atoms with Crippen LogP contribution in [0.2, 0.25) is 0 Å². The third-order valence-corrected chi connectivity index (χ3v) is 9.72. The molecule has 0 aromatic carbocycles. The third kappa shape index (κ3) is 38.0. The number of rotatable bonds is 39. The summed E-state index contributed by atoms with van der Waals surface area (Å²) < 4.78 is 33.1. The lowest BCUT2D eigenvalue weighted by Gasteiger charge is -2.20. The van der Waals surface area contributed by atoms with Crippen molar-refractivity contribution in [1.29, 1.82) is 0 Å². The molecule has 0 aliphatic heterocycles. The Balaban J connectivity index is 4.28. The lowest BCUT2D eigenvalue weighted by Crippen LogP contribution is -2.29. The summed E-state index contributed by atoms with van der Waals surface area (Å²) in [7, 11) is -2.66.